The topological polar surface area (TPSA) is 66.4 Å². The first-order valence-corrected chi connectivity index (χ1v) is 9.21. The van der Waals surface area contributed by atoms with E-state index in [9.17, 15) is 14.7 Å². The van der Waals surface area contributed by atoms with E-state index in [2.05, 4.69) is 5.32 Å². The van der Waals surface area contributed by atoms with Crippen molar-refractivity contribution in [1.29, 1.82) is 0 Å². The minimum atomic E-state index is -1.08. The third-order valence-electron chi connectivity index (χ3n) is 5.69. The highest BCUT2D eigenvalue weighted by molar-refractivity contribution is 6.31. The van der Waals surface area contributed by atoms with Crippen molar-refractivity contribution in [3.05, 3.63) is 28.8 Å². The maximum Gasteiger partial charge on any atom is 0.337 e. The highest BCUT2D eigenvalue weighted by atomic mass is 35.5. The van der Waals surface area contributed by atoms with Gasteiger partial charge in [-0.15, -0.1) is 0 Å². The molecule has 130 valence electrons. The second-order valence-corrected chi connectivity index (χ2v) is 7.77. The highest BCUT2D eigenvalue weighted by Crippen LogP contribution is 2.49. The van der Waals surface area contributed by atoms with Crippen molar-refractivity contribution in [2.45, 2.75) is 57.8 Å². The van der Waals surface area contributed by atoms with Crippen molar-refractivity contribution in [3.8, 4) is 0 Å². The monoisotopic (exact) mass is 349 g/mol. The SMILES string of the molecule is O=C(O)c1cc(Cl)ccc1NC(=O)C1CCCC2(CCCCC2)C1. The summed E-state index contributed by atoms with van der Waals surface area (Å²) in [6, 6.07) is 4.55. The van der Waals surface area contributed by atoms with Crippen LogP contribution in [0.4, 0.5) is 5.69 Å². The summed E-state index contributed by atoms with van der Waals surface area (Å²) in [7, 11) is 0. The fraction of sp³-hybridized carbons (Fsp3) is 0.579. The fourth-order valence-corrected chi connectivity index (χ4v) is 4.64. The van der Waals surface area contributed by atoms with Gasteiger partial charge in [0.1, 0.15) is 0 Å². The number of carbonyl (C=O) groups is 2. The van der Waals surface area contributed by atoms with Gasteiger partial charge in [-0.05, 0) is 55.7 Å². The lowest BCUT2D eigenvalue weighted by atomic mass is 9.62. The van der Waals surface area contributed by atoms with Crippen LogP contribution < -0.4 is 5.32 Å². The summed E-state index contributed by atoms with van der Waals surface area (Å²) in [4.78, 5) is 24.1. The Balaban J connectivity index is 1.72. The highest BCUT2D eigenvalue weighted by Gasteiger charge is 2.39. The number of carboxylic acid groups (broad SMARTS) is 1. The van der Waals surface area contributed by atoms with Crippen molar-refractivity contribution in [1.82, 2.24) is 0 Å². The molecule has 1 unspecified atom stereocenters. The van der Waals surface area contributed by atoms with Crippen LogP contribution in [-0.2, 0) is 4.79 Å². The van der Waals surface area contributed by atoms with Crippen LogP contribution in [0.1, 0.15) is 68.1 Å². The lowest BCUT2D eigenvalue weighted by Gasteiger charge is -2.43. The van der Waals surface area contributed by atoms with Gasteiger partial charge in [0, 0.05) is 10.9 Å². The number of nitrogens with one attached hydrogen (secondary N) is 1. The van der Waals surface area contributed by atoms with Crippen LogP contribution in [0.2, 0.25) is 5.02 Å². The molecule has 2 aliphatic rings. The molecule has 1 spiro atoms. The van der Waals surface area contributed by atoms with Gasteiger partial charge in [0.25, 0.3) is 0 Å². The summed E-state index contributed by atoms with van der Waals surface area (Å²) < 4.78 is 0. The first-order valence-electron chi connectivity index (χ1n) is 8.83. The third-order valence-corrected chi connectivity index (χ3v) is 5.93. The van der Waals surface area contributed by atoms with Gasteiger partial charge in [-0.25, -0.2) is 4.79 Å². The molecule has 1 aromatic rings. The normalized spacial score (nSPS) is 23.0. The van der Waals surface area contributed by atoms with Gasteiger partial charge in [-0.2, -0.15) is 0 Å². The first-order chi connectivity index (χ1) is 11.5. The zero-order valence-corrected chi connectivity index (χ0v) is 14.6. The zero-order valence-electron chi connectivity index (χ0n) is 13.8. The zero-order chi connectivity index (χ0) is 17.2. The molecule has 3 rings (SSSR count). The molecular weight excluding hydrogens is 326 g/mol. The van der Waals surface area contributed by atoms with Gasteiger partial charge in [0.2, 0.25) is 5.91 Å². The molecular formula is C19H24ClNO3. The number of benzene rings is 1. The van der Waals surface area contributed by atoms with E-state index in [1.54, 1.807) is 12.1 Å². The number of hydrogen-bond acceptors (Lipinski definition) is 2. The molecule has 2 saturated carbocycles. The Bertz CT molecular complexity index is 632. The van der Waals surface area contributed by atoms with E-state index in [1.807, 2.05) is 0 Å². The number of amides is 1. The Labute approximate surface area is 147 Å². The van der Waals surface area contributed by atoms with Crippen molar-refractivity contribution in [2.24, 2.45) is 11.3 Å². The number of aromatic carboxylic acids is 1. The maximum atomic E-state index is 12.7. The Morgan fingerprint density at radius 1 is 1.12 bits per heavy atom. The Hall–Kier alpha value is -1.55. The molecule has 2 fully saturated rings. The van der Waals surface area contributed by atoms with Gasteiger partial charge < -0.3 is 10.4 Å². The molecule has 1 atom stereocenters. The van der Waals surface area contributed by atoms with E-state index in [0.29, 0.717) is 16.1 Å². The molecule has 0 aliphatic heterocycles. The van der Waals surface area contributed by atoms with E-state index in [4.69, 9.17) is 11.6 Å². The summed E-state index contributed by atoms with van der Waals surface area (Å²) in [5.41, 5.74) is 0.716. The van der Waals surface area contributed by atoms with Crippen LogP contribution in [0, 0.1) is 11.3 Å². The summed E-state index contributed by atoms with van der Waals surface area (Å²) >= 11 is 5.87. The van der Waals surface area contributed by atoms with E-state index in [-0.39, 0.29) is 17.4 Å². The predicted molar refractivity (Wildman–Crippen MR) is 94.5 cm³/mol. The van der Waals surface area contributed by atoms with Gasteiger partial charge in [-0.3, -0.25) is 4.79 Å². The largest absolute Gasteiger partial charge is 0.478 e. The molecule has 0 aromatic heterocycles. The summed E-state index contributed by atoms with van der Waals surface area (Å²) in [6.45, 7) is 0. The quantitative estimate of drug-likeness (QED) is 0.796. The van der Waals surface area contributed by atoms with Crippen LogP contribution in [0.5, 0.6) is 0 Å². The average molecular weight is 350 g/mol. The Kier molecular flexibility index (Phi) is 5.14. The molecule has 24 heavy (non-hydrogen) atoms. The van der Waals surface area contributed by atoms with Gasteiger partial charge in [-0.1, -0.05) is 37.3 Å². The van der Waals surface area contributed by atoms with Crippen LogP contribution >= 0.6 is 11.6 Å². The number of rotatable bonds is 3. The first kappa shape index (κ1) is 17.3. The Morgan fingerprint density at radius 3 is 2.54 bits per heavy atom. The summed E-state index contributed by atoms with van der Waals surface area (Å²) in [5.74, 6) is -1.15. The number of anilines is 1. The van der Waals surface area contributed by atoms with Gasteiger partial charge in [0.15, 0.2) is 0 Å². The standard InChI is InChI=1S/C19H24ClNO3/c20-14-6-7-16(15(11-14)18(23)24)21-17(22)13-5-4-10-19(12-13)8-2-1-3-9-19/h6-7,11,13H,1-5,8-10,12H2,(H,21,22)(H,23,24). The molecule has 0 radical (unpaired) electrons. The molecule has 0 heterocycles. The molecule has 1 aromatic carbocycles. The van der Waals surface area contributed by atoms with Crippen molar-refractivity contribution in [2.75, 3.05) is 5.32 Å². The summed E-state index contributed by atoms with van der Waals surface area (Å²) in [5, 5.41) is 12.5. The van der Waals surface area contributed by atoms with Crippen LogP contribution in [0.15, 0.2) is 18.2 Å². The lowest BCUT2D eigenvalue weighted by Crippen LogP contribution is -2.36. The third kappa shape index (κ3) is 3.75. The molecule has 2 aliphatic carbocycles. The van der Waals surface area contributed by atoms with Crippen LogP contribution in [0.25, 0.3) is 0 Å². The lowest BCUT2D eigenvalue weighted by molar-refractivity contribution is -0.122. The maximum absolute atomic E-state index is 12.7. The fourth-order valence-electron chi connectivity index (χ4n) is 4.47. The van der Waals surface area contributed by atoms with E-state index in [0.717, 1.165) is 19.3 Å². The number of hydrogen-bond donors (Lipinski definition) is 2. The minimum absolute atomic E-state index is 0.0193. The predicted octanol–water partition coefficient (Wildman–Crippen LogP) is 5.12. The second-order valence-electron chi connectivity index (χ2n) is 7.34. The van der Waals surface area contributed by atoms with Crippen LogP contribution in [0.3, 0.4) is 0 Å². The van der Waals surface area contributed by atoms with Gasteiger partial charge >= 0.3 is 5.97 Å². The van der Waals surface area contributed by atoms with Crippen molar-refractivity contribution in [3.63, 3.8) is 0 Å². The number of carboxylic acids is 1. The molecule has 0 bridgehead atoms. The van der Waals surface area contributed by atoms with E-state index in [1.165, 1.54) is 44.6 Å². The number of halogens is 1. The second kappa shape index (κ2) is 7.14. The number of carbonyl (C=O) groups excluding carboxylic acids is 1. The minimum Gasteiger partial charge on any atom is -0.478 e. The molecule has 2 N–H and O–H groups in total. The summed E-state index contributed by atoms with van der Waals surface area (Å²) in [6.07, 6.45) is 10.5. The van der Waals surface area contributed by atoms with E-state index >= 15 is 0 Å². The molecule has 1 amide bonds. The van der Waals surface area contributed by atoms with Crippen molar-refractivity contribution >= 4 is 29.2 Å². The Morgan fingerprint density at radius 2 is 1.83 bits per heavy atom. The smallest absolute Gasteiger partial charge is 0.337 e. The molecule has 0 saturated heterocycles. The molecule has 4 nitrogen and oxygen atoms in total. The van der Waals surface area contributed by atoms with E-state index < -0.39 is 5.97 Å². The van der Waals surface area contributed by atoms with Gasteiger partial charge in [0.05, 0.1) is 11.3 Å². The average Bonchev–Trinajstić information content (AvgIpc) is 2.57. The van der Waals surface area contributed by atoms with Crippen LogP contribution in [-0.4, -0.2) is 17.0 Å². The molecule has 5 heteroatoms. The van der Waals surface area contributed by atoms with Crippen molar-refractivity contribution < 1.29 is 14.7 Å².